The highest BCUT2D eigenvalue weighted by Crippen LogP contribution is 2.27. The van der Waals surface area contributed by atoms with Crippen LogP contribution in [-0.4, -0.2) is 27.2 Å². The molecule has 146 valence electrons. The molecule has 0 bridgehead atoms. The molecule has 0 aliphatic carbocycles. The third-order valence-corrected chi connectivity index (χ3v) is 5.46. The normalized spacial score (nSPS) is 12.7. The number of rotatable bonds is 7. The van der Waals surface area contributed by atoms with Crippen molar-refractivity contribution < 1.29 is 17.9 Å². The fourth-order valence-electron chi connectivity index (χ4n) is 2.76. The summed E-state index contributed by atoms with van der Waals surface area (Å²) in [5.41, 5.74) is 2.97. The summed E-state index contributed by atoms with van der Waals surface area (Å²) in [5.74, 6) is 0.798. The van der Waals surface area contributed by atoms with Gasteiger partial charge in [-0.1, -0.05) is 38.1 Å². The Morgan fingerprint density at radius 3 is 2.26 bits per heavy atom. The summed E-state index contributed by atoms with van der Waals surface area (Å²) >= 11 is 0. The number of hydrogen-bond donors (Lipinski definition) is 1. The molecular weight excluding hydrogens is 362 g/mol. The summed E-state index contributed by atoms with van der Waals surface area (Å²) in [7, 11) is -3.23. The van der Waals surface area contributed by atoms with Gasteiger partial charge in [0, 0.05) is 6.26 Å². The third kappa shape index (κ3) is 5.82. The van der Waals surface area contributed by atoms with E-state index in [-0.39, 0.29) is 23.5 Å². The van der Waals surface area contributed by atoms with Gasteiger partial charge in [0.25, 0.3) is 5.91 Å². The molecule has 2 aromatic carbocycles. The molecule has 0 radical (unpaired) electrons. The van der Waals surface area contributed by atoms with Crippen LogP contribution in [0, 0.1) is 6.92 Å². The second kappa shape index (κ2) is 8.57. The van der Waals surface area contributed by atoms with Gasteiger partial charge in [-0.2, -0.15) is 0 Å². The molecule has 1 N–H and O–H groups in total. The van der Waals surface area contributed by atoms with Crippen LogP contribution in [0.1, 0.15) is 49.4 Å². The maximum atomic E-state index is 12.3. The Morgan fingerprint density at radius 2 is 1.70 bits per heavy atom. The Hall–Kier alpha value is -2.34. The zero-order valence-electron chi connectivity index (χ0n) is 16.4. The lowest BCUT2D eigenvalue weighted by molar-refractivity contribution is -0.123. The lowest BCUT2D eigenvalue weighted by Gasteiger charge is -2.17. The molecule has 1 atom stereocenters. The minimum absolute atomic E-state index is 0.0745. The Morgan fingerprint density at radius 1 is 1.07 bits per heavy atom. The van der Waals surface area contributed by atoms with E-state index in [4.69, 9.17) is 4.74 Å². The highest BCUT2D eigenvalue weighted by Gasteiger charge is 2.14. The van der Waals surface area contributed by atoms with Gasteiger partial charge in [-0.3, -0.25) is 4.79 Å². The van der Waals surface area contributed by atoms with Crippen LogP contribution >= 0.6 is 0 Å². The van der Waals surface area contributed by atoms with Crippen molar-refractivity contribution in [1.29, 1.82) is 0 Å². The van der Waals surface area contributed by atoms with E-state index in [1.165, 1.54) is 6.26 Å². The smallest absolute Gasteiger partial charge is 0.258 e. The topological polar surface area (TPSA) is 72.5 Å². The average Bonchev–Trinajstić information content (AvgIpc) is 2.59. The van der Waals surface area contributed by atoms with E-state index in [0.29, 0.717) is 5.92 Å². The first-order valence-corrected chi connectivity index (χ1v) is 10.8. The number of carbonyl (C=O) groups is 1. The number of carbonyl (C=O) groups excluding carboxylic acids is 1. The van der Waals surface area contributed by atoms with Crippen LogP contribution in [0.15, 0.2) is 47.4 Å². The van der Waals surface area contributed by atoms with E-state index in [0.717, 1.165) is 22.4 Å². The van der Waals surface area contributed by atoms with Crippen molar-refractivity contribution in [2.24, 2.45) is 0 Å². The SMILES string of the molecule is Cc1ccc(C(C)C)c(OCC(=O)N[C@H](C)c2ccc(S(C)(=O)=O)cc2)c1. The van der Waals surface area contributed by atoms with Gasteiger partial charge in [0.2, 0.25) is 0 Å². The van der Waals surface area contributed by atoms with Gasteiger partial charge >= 0.3 is 0 Å². The van der Waals surface area contributed by atoms with E-state index in [2.05, 4.69) is 19.2 Å². The van der Waals surface area contributed by atoms with Gasteiger partial charge in [0.15, 0.2) is 16.4 Å². The van der Waals surface area contributed by atoms with Gasteiger partial charge < -0.3 is 10.1 Å². The number of ether oxygens (including phenoxy) is 1. The van der Waals surface area contributed by atoms with Crippen molar-refractivity contribution in [3.63, 3.8) is 0 Å². The van der Waals surface area contributed by atoms with Crippen LogP contribution in [0.2, 0.25) is 0 Å². The zero-order chi connectivity index (χ0) is 20.2. The van der Waals surface area contributed by atoms with Gasteiger partial charge in [-0.15, -0.1) is 0 Å². The minimum Gasteiger partial charge on any atom is -0.483 e. The third-order valence-electron chi connectivity index (χ3n) is 4.34. The zero-order valence-corrected chi connectivity index (χ0v) is 17.3. The molecule has 0 heterocycles. The molecule has 0 spiro atoms. The van der Waals surface area contributed by atoms with Crippen LogP contribution in [0.4, 0.5) is 0 Å². The highest BCUT2D eigenvalue weighted by molar-refractivity contribution is 7.90. The summed E-state index contributed by atoms with van der Waals surface area (Å²) in [4.78, 5) is 12.5. The molecule has 1 amide bonds. The van der Waals surface area contributed by atoms with Gasteiger partial charge in [-0.05, 0) is 54.7 Å². The first-order valence-electron chi connectivity index (χ1n) is 8.90. The van der Waals surface area contributed by atoms with Gasteiger partial charge in [0.1, 0.15) is 5.75 Å². The monoisotopic (exact) mass is 389 g/mol. The van der Waals surface area contributed by atoms with Gasteiger partial charge in [0.05, 0.1) is 10.9 Å². The summed E-state index contributed by atoms with van der Waals surface area (Å²) in [6, 6.07) is 12.3. The molecular formula is C21H27NO4S. The standard InChI is InChI=1S/C21H27NO4S/c1-14(2)19-11-6-15(3)12-20(19)26-13-21(23)22-16(4)17-7-9-18(10-8-17)27(5,24)25/h6-12,14,16H,13H2,1-5H3,(H,22,23)/t16-/m1/s1. The molecule has 0 unspecified atom stereocenters. The Labute approximate surface area is 161 Å². The molecule has 5 nitrogen and oxygen atoms in total. The first-order chi connectivity index (χ1) is 12.6. The number of nitrogens with one attached hydrogen (secondary N) is 1. The van der Waals surface area contributed by atoms with Crippen LogP contribution in [0.25, 0.3) is 0 Å². The van der Waals surface area contributed by atoms with E-state index >= 15 is 0 Å². The second-order valence-corrected chi connectivity index (χ2v) is 9.13. The molecule has 6 heteroatoms. The van der Waals surface area contributed by atoms with Crippen molar-refractivity contribution in [2.75, 3.05) is 12.9 Å². The molecule has 0 aromatic heterocycles. The van der Waals surface area contributed by atoms with Crippen LogP contribution in [-0.2, 0) is 14.6 Å². The predicted molar refractivity (Wildman–Crippen MR) is 107 cm³/mol. The second-order valence-electron chi connectivity index (χ2n) is 7.12. The van der Waals surface area contributed by atoms with Crippen molar-refractivity contribution in [3.05, 3.63) is 59.2 Å². The lowest BCUT2D eigenvalue weighted by Crippen LogP contribution is -2.31. The van der Waals surface area contributed by atoms with E-state index in [1.54, 1.807) is 24.3 Å². The largest absolute Gasteiger partial charge is 0.483 e. The number of benzene rings is 2. The first kappa shape index (κ1) is 21.0. The van der Waals surface area contributed by atoms with Gasteiger partial charge in [-0.25, -0.2) is 8.42 Å². The van der Waals surface area contributed by atoms with Crippen molar-refractivity contribution in [1.82, 2.24) is 5.32 Å². The summed E-state index contributed by atoms with van der Waals surface area (Å²) < 4.78 is 28.8. The molecule has 0 saturated heterocycles. The summed E-state index contributed by atoms with van der Waals surface area (Å²) in [6.07, 6.45) is 1.17. The highest BCUT2D eigenvalue weighted by atomic mass is 32.2. The van der Waals surface area contributed by atoms with E-state index < -0.39 is 9.84 Å². The Balaban J connectivity index is 1.99. The number of aryl methyl sites for hydroxylation is 1. The molecule has 0 fully saturated rings. The molecule has 2 aromatic rings. The number of amides is 1. The van der Waals surface area contributed by atoms with Crippen LogP contribution in [0.5, 0.6) is 5.75 Å². The molecule has 0 saturated carbocycles. The fraction of sp³-hybridized carbons (Fsp3) is 0.381. The summed E-state index contributed by atoms with van der Waals surface area (Å²) in [6.45, 7) is 7.92. The average molecular weight is 390 g/mol. The summed E-state index contributed by atoms with van der Waals surface area (Å²) in [5, 5.41) is 2.87. The Kier molecular flexibility index (Phi) is 6.65. The molecule has 27 heavy (non-hydrogen) atoms. The van der Waals surface area contributed by atoms with Crippen molar-refractivity contribution in [3.8, 4) is 5.75 Å². The maximum Gasteiger partial charge on any atom is 0.258 e. The number of hydrogen-bond acceptors (Lipinski definition) is 4. The fourth-order valence-corrected chi connectivity index (χ4v) is 3.39. The molecule has 0 aliphatic rings. The van der Waals surface area contributed by atoms with E-state index in [1.807, 2.05) is 32.0 Å². The van der Waals surface area contributed by atoms with Crippen molar-refractivity contribution >= 4 is 15.7 Å². The quantitative estimate of drug-likeness (QED) is 0.782. The predicted octanol–water partition coefficient (Wildman–Crippen LogP) is 3.78. The van der Waals surface area contributed by atoms with Crippen LogP contribution in [0.3, 0.4) is 0 Å². The number of sulfone groups is 1. The van der Waals surface area contributed by atoms with E-state index in [9.17, 15) is 13.2 Å². The maximum absolute atomic E-state index is 12.3. The van der Waals surface area contributed by atoms with Crippen molar-refractivity contribution in [2.45, 2.75) is 44.6 Å². The van der Waals surface area contributed by atoms with Crippen LogP contribution < -0.4 is 10.1 Å². The minimum atomic E-state index is -3.23. The Bertz CT molecular complexity index is 902. The molecule has 2 rings (SSSR count). The molecule has 0 aliphatic heterocycles. The lowest BCUT2D eigenvalue weighted by atomic mass is 10.0.